The maximum Gasteiger partial charge on any atom is 0.0641 e. The van der Waals surface area contributed by atoms with Crippen molar-refractivity contribution in [1.82, 2.24) is 15.1 Å². The van der Waals surface area contributed by atoms with Gasteiger partial charge in [0.05, 0.1) is 5.69 Å². The zero-order valence-corrected chi connectivity index (χ0v) is 9.25. The molecule has 0 aliphatic carbocycles. The second kappa shape index (κ2) is 3.73. The van der Waals surface area contributed by atoms with Crippen molar-refractivity contribution in [3.63, 3.8) is 0 Å². The number of aromatic nitrogens is 2. The number of nitrogens with zero attached hydrogens (tertiary/aromatic N) is 2. The molecule has 2 rings (SSSR count). The fourth-order valence-corrected chi connectivity index (χ4v) is 2.39. The summed E-state index contributed by atoms with van der Waals surface area (Å²) in [5.41, 5.74) is 2.54. The van der Waals surface area contributed by atoms with E-state index in [1.165, 1.54) is 24.1 Å². The van der Waals surface area contributed by atoms with Gasteiger partial charge in [-0.1, -0.05) is 6.92 Å². The molecule has 2 heterocycles. The lowest BCUT2D eigenvalue weighted by atomic mass is 9.88. The maximum absolute atomic E-state index is 4.40. The highest BCUT2D eigenvalue weighted by Gasteiger charge is 2.24. The first kappa shape index (κ1) is 9.71. The maximum atomic E-state index is 4.40. The van der Waals surface area contributed by atoms with Crippen molar-refractivity contribution >= 4 is 0 Å². The van der Waals surface area contributed by atoms with E-state index in [4.69, 9.17) is 0 Å². The van der Waals surface area contributed by atoms with Crippen molar-refractivity contribution in [3.8, 4) is 0 Å². The molecule has 3 nitrogen and oxygen atoms in total. The van der Waals surface area contributed by atoms with Crippen LogP contribution in [0.3, 0.4) is 0 Å². The van der Waals surface area contributed by atoms with Gasteiger partial charge in [0.1, 0.15) is 0 Å². The second-order valence-electron chi connectivity index (χ2n) is 4.39. The van der Waals surface area contributed by atoms with Crippen LogP contribution in [0.1, 0.15) is 37.1 Å². The Morgan fingerprint density at radius 3 is 2.93 bits per heavy atom. The summed E-state index contributed by atoms with van der Waals surface area (Å²) in [7, 11) is 1.99. The molecule has 1 aliphatic heterocycles. The Balaban J connectivity index is 2.24. The average molecular weight is 193 g/mol. The van der Waals surface area contributed by atoms with Gasteiger partial charge in [0.15, 0.2) is 0 Å². The number of hydrogen-bond donors (Lipinski definition) is 1. The van der Waals surface area contributed by atoms with E-state index < -0.39 is 0 Å². The molecule has 3 heteroatoms. The van der Waals surface area contributed by atoms with Gasteiger partial charge < -0.3 is 5.32 Å². The summed E-state index contributed by atoms with van der Waals surface area (Å²) < 4.78 is 1.91. The lowest BCUT2D eigenvalue weighted by molar-refractivity contribution is 0.305. The first-order valence-electron chi connectivity index (χ1n) is 5.42. The first-order chi connectivity index (χ1) is 6.68. The van der Waals surface area contributed by atoms with E-state index in [-0.39, 0.29) is 0 Å². The van der Waals surface area contributed by atoms with Crippen LogP contribution in [0, 0.1) is 12.8 Å². The van der Waals surface area contributed by atoms with Crippen LogP contribution < -0.4 is 5.32 Å². The van der Waals surface area contributed by atoms with Crippen LogP contribution in [0.15, 0.2) is 6.20 Å². The van der Waals surface area contributed by atoms with E-state index in [9.17, 15) is 0 Å². The minimum absolute atomic E-state index is 0.512. The highest BCUT2D eigenvalue weighted by atomic mass is 15.3. The highest BCUT2D eigenvalue weighted by Crippen LogP contribution is 2.29. The number of aryl methyl sites for hydroxylation is 2. The van der Waals surface area contributed by atoms with Crippen LogP contribution in [0.25, 0.3) is 0 Å². The third kappa shape index (κ3) is 1.69. The number of piperidine rings is 1. The highest BCUT2D eigenvalue weighted by molar-refractivity contribution is 5.21. The van der Waals surface area contributed by atoms with Crippen molar-refractivity contribution in [3.05, 3.63) is 17.5 Å². The molecule has 0 bridgehead atoms. The Morgan fingerprint density at radius 1 is 1.57 bits per heavy atom. The molecule has 78 valence electrons. The van der Waals surface area contributed by atoms with Crippen molar-refractivity contribution < 1.29 is 0 Å². The predicted molar refractivity (Wildman–Crippen MR) is 57.1 cm³/mol. The van der Waals surface area contributed by atoms with Gasteiger partial charge in [-0.25, -0.2) is 0 Å². The van der Waals surface area contributed by atoms with Crippen LogP contribution in [-0.2, 0) is 7.05 Å². The molecule has 0 radical (unpaired) electrons. The number of nitrogens with one attached hydrogen (secondary N) is 1. The summed E-state index contributed by atoms with van der Waals surface area (Å²) in [4.78, 5) is 0. The van der Waals surface area contributed by atoms with E-state index in [0.29, 0.717) is 6.04 Å². The van der Waals surface area contributed by atoms with Gasteiger partial charge >= 0.3 is 0 Å². The Kier molecular flexibility index (Phi) is 2.59. The summed E-state index contributed by atoms with van der Waals surface area (Å²) in [6, 6.07) is 0.512. The molecule has 0 spiro atoms. The third-order valence-corrected chi connectivity index (χ3v) is 3.16. The molecule has 1 aliphatic rings. The van der Waals surface area contributed by atoms with Gasteiger partial charge in [-0.3, -0.25) is 4.68 Å². The summed E-state index contributed by atoms with van der Waals surface area (Å²) >= 11 is 0. The second-order valence-corrected chi connectivity index (χ2v) is 4.39. The van der Waals surface area contributed by atoms with Crippen LogP contribution in [0.5, 0.6) is 0 Å². The standard InChI is InChI=1S/C11H19N3/c1-8-5-4-6-12-11(8)10-7-14(3)13-9(10)2/h7-8,11-12H,4-6H2,1-3H3. The fraction of sp³-hybridized carbons (Fsp3) is 0.727. The molecule has 1 N–H and O–H groups in total. The minimum atomic E-state index is 0.512. The molecule has 1 saturated heterocycles. The van der Waals surface area contributed by atoms with Crippen molar-refractivity contribution in [2.24, 2.45) is 13.0 Å². The van der Waals surface area contributed by atoms with Crippen molar-refractivity contribution in [2.45, 2.75) is 32.7 Å². The summed E-state index contributed by atoms with van der Waals surface area (Å²) in [5, 5.41) is 7.98. The van der Waals surface area contributed by atoms with Crippen molar-refractivity contribution in [2.75, 3.05) is 6.54 Å². The van der Waals surface area contributed by atoms with Crippen LogP contribution in [0.4, 0.5) is 0 Å². The molecular weight excluding hydrogens is 174 g/mol. The Bertz CT molecular complexity index is 316. The lowest BCUT2D eigenvalue weighted by Gasteiger charge is -2.29. The Morgan fingerprint density at radius 2 is 2.36 bits per heavy atom. The molecule has 1 aromatic heterocycles. The number of rotatable bonds is 1. The normalized spacial score (nSPS) is 27.9. The van der Waals surface area contributed by atoms with Gasteiger partial charge in [0.25, 0.3) is 0 Å². The summed E-state index contributed by atoms with van der Waals surface area (Å²) in [5.74, 6) is 0.728. The fourth-order valence-electron chi connectivity index (χ4n) is 2.39. The smallest absolute Gasteiger partial charge is 0.0641 e. The van der Waals surface area contributed by atoms with Gasteiger partial charge in [0.2, 0.25) is 0 Å². The van der Waals surface area contributed by atoms with E-state index in [2.05, 4.69) is 30.5 Å². The number of hydrogen-bond acceptors (Lipinski definition) is 2. The average Bonchev–Trinajstić information content (AvgIpc) is 2.46. The van der Waals surface area contributed by atoms with E-state index in [0.717, 1.165) is 12.5 Å². The van der Waals surface area contributed by atoms with E-state index in [1.54, 1.807) is 0 Å². The minimum Gasteiger partial charge on any atom is -0.310 e. The van der Waals surface area contributed by atoms with Crippen LogP contribution >= 0.6 is 0 Å². The quantitative estimate of drug-likeness (QED) is 0.737. The molecule has 2 atom stereocenters. The van der Waals surface area contributed by atoms with E-state index >= 15 is 0 Å². The van der Waals surface area contributed by atoms with E-state index in [1.807, 2.05) is 11.7 Å². The molecule has 1 aromatic rings. The lowest BCUT2D eigenvalue weighted by Crippen LogP contribution is -2.33. The zero-order chi connectivity index (χ0) is 10.1. The molecule has 0 amide bonds. The van der Waals surface area contributed by atoms with Gasteiger partial charge in [-0.2, -0.15) is 5.10 Å². The zero-order valence-electron chi connectivity index (χ0n) is 9.25. The molecule has 0 aromatic carbocycles. The topological polar surface area (TPSA) is 29.9 Å². The van der Waals surface area contributed by atoms with Gasteiger partial charge in [0, 0.05) is 24.8 Å². The predicted octanol–water partition coefficient (Wildman–Crippen LogP) is 1.79. The first-order valence-corrected chi connectivity index (χ1v) is 5.42. The molecule has 14 heavy (non-hydrogen) atoms. The van der Waals surface area contributed by atoms with Gasteiger partial charge in [-0.05, 0) is 32.2 Å². The Labute approximate surface area is 85.5 Å². The molecule has 1 fully saturated rings. The molecule has 0 saturated carbocycles. The molecule has 2 unspecified atom stereocenters. The monoisotopic (exact) mass is 193 g/mol. The summed E-state index contributed by atoms with van der Waals surface area (Å²) in [6.45, 7) is 5.56. The molecular formula is C11H19N3. The van der Waals surface area contributed by atoms with Crippen LogP contribution in [0.2, 0.25) is 0 Å². The van der Waals surface area contributed by atoms with Crippen LogP contribution in [-0.4, -0.2) is 16.3 Å². The Hall–Kier alpha value is -0.830. The van der Waals surface area contributed by atoms with Gasteiger partial charge in [-0.15, -0.1) is 0 Å². The largest absolute Gasteiger partial charge is 0.310 e. The third-order valence-electron chi connectivity index (χ3n) is 3.16. The SMILES string of the molecule is Cc1nn(C)cc1C1NCCCC1C. The summed E-state index contributed by atoms with van der Waals surface area (Å²) in [6.07, 6.45) is 4.78. The van der Waals surface area contributed by atoms with Crippen molar-refractivity contribution in [1.29, 1.82) is 0 Å².